The fraction of sp³-hybridized carbons (Fsp3) is 0.679. The van der Waals surface area contributed by atoms with Crippen LogP contribution >= 0.6 is 0 Å². The van der Waals surface area contributed by atoms with Gasteiger partial charge in [0.15, 0.2) is 0 Å². The van der Waals surface area contributed by atoms with Gasteiger partial charge in [0.2, 0.25) is 23.6 Å². The largest absolute Gasteiger partial charge is 0.392 e. The maximum atomic E-state index is 13.8. The molecule has 0 aliphatic heterocycles. The van der Waals surface area contributed by atoms with Crippen molar-refractivity contribution in [3.8, 4) is 0 Å². The normalized spacial score (nSPS) is 27.0. The Morgan fingerprint density at radius 2 is 1.53 bits per heavy atom. The fourth-order valence-corrected chi connectivity index (χ4v) is 12.9. The molecule has 0 aromatic heterocycles. The number of ether oxygens (including phenoxy) is 1. The van der Waals surface area contributed by atoms with Gasteiger partial charge in [-0.1, -0.05) is 128 Å². The molecule has 4 aliphatic rings. The van der Waals surface area contributed by atoms with Crippen molar-refractivity contribution >= 4 is 29.3 Å². The zero-order chi connectivity index (χ0) is 47.3. The third-order valence-electron chi connectivity index (χ3n) is 16.7. The van der Waals surface area contributed by atoms with Crippen LogP contribution in [0.1, 0.15) is 162 Å². The van der Waals surface area contributed by atoms with Crippen molar-refractivity contribution in [2.24, 2.45) is 46.3 Å². The number of nitrogens with one attached hydrogen (secondary N) is 4. The van der Waals surface area contributed by atoms with Crippen LogP contribution in [-0.4, -0.2) is 60.1 Å². The average molecular weight is 909 g/mol. The number of fused-ring (bicyclic) bond motifs is 5. The summed E-state index contributed by atoms with van der Waals surface area (Å²) < 4.78 is 6.46. The zero-order valence-electron chi connectivity index (χ0n) is 41.3. The number of unbranched alkanes of at least 4 members (excludes halogenated alkanes) is 1. The van der Waals surface area contributed by atoms with Crippen molar-refractivity contribution in [1.82, 2.24) is 16.0 Å². The first-order chi connectivity index (χ1) is 31.7. The van der Waals surface area contributed by atoms with Crippen LogP contribution in [0.2, 0.25) is 0 Å². The Bertz CT molecular complexity index is 1920. The van der Waals surface area contributed by atoms with Gasteiger partial charge in [0.1, 0.15) is 12.1 Å². The number of amides is 4. The quantitative estimate of drug-likeness (QED) is 0.0524. The van der Waals surface area contributed by atoms with Gasteiger partial charge in [-0.2, -0.15) is 0 Å². The van der Waals surface area contributed by atoms with Gasteiger partial charge in [-0.05, 0) is 134 Å². The SMILES string of the molecule is CCCCC(NC(=O)C(Cc1ccccc1)NC(=O)CCC(=O)NCCCOC1CCC2(C)C(=CCC3C2CCC2(C)C(C(C)CCCC(C)C)CCC32)C1)C(=O)Nc1ccc(CO)cc1. The first-order valence-electron chi connectivity index (χ1n) is 26.0. The van der Waals surface area contributed by atoms with Gasteiger partial charge in [0, 0.05) is 38.1 Å². The van der Waals surface area contributed by atoms with Gasteiger partial charge in [-0.15, -0.1) is 0 Å². The predicted octanol–water partition coefficient (Wildman–Crippen LogP) is 10.2. The van der Waals surface area contributed by atoms with Crippen molar-refractivity contribution in [2.45, 2.75) is 182 Å². The van der Waals surface area contributed by atoms with Gasteiger partial charge in [-0.25, -0.2) is 0 Å². The number of hydrogen-bond donors (Lipinski definition) is 5. The Balaban J connectivity index is 0.921. The molecule has 4 aliphatic carbocycles. The number of hydrogen-bond acceptors (Lipinski definition) is 6. The molecule has 0 spiro atoms. The van der Waals surface area contributed by atoms with Crippen LogP contribution in [0.4, 0.5) is 5.69 Å². The van der Waals surface area contributed by atoms with Gasteiger partial charge >= 0.3 is 0 Å². The summed E-state index contributed by atoms with van der Waals surface area (Å²) in [4.78, 5) is 53.3. The first-order valence-corrected chi connectivity index (χ1v) is 26.0. The number of anilines is 1. The molecular formula is C56H84N4O6. The van der Waals surface area contributed by atoms with Gasteiger partial charge in [-0.3, -0.25) is 19.2 Å². The predicted molar refractivity (Wildman–Crippen MR) is 264 cm³/mol. The Morgan fingerprint density at radius 3 is 2.26 bits per heavy atom. The second-order valence-corrected chi connectivity index (χ2v) is 21.6. The van der Waals surface area contributed by atoms with E-state index in [1.165, 1.54) is 57.8 Å². The van der Waals surface area contributed by atoms with E-state index in [1.807, 2.05) is 37.3 Å². The molecular weight excluding hydrogens is 825 g/mol. The molecule has 4 amide bonds. The third kappa shape index (κ3) is 13.4. The number of benzene rings is 2. The highest BCUT2D eigenvalue weighted by molar-refractivity contribution is 5.98. The van der Waals surface area contributed by atoms with Crippen molar-refractivity contribution in [1.29, 1.82) is 0 Å². The molecule has 10 unspecified atom stereocenters. The molecule has 0 bridgehead atoms. The van der Waals surface area contributed by atoms with E-state index < -0.39 is 23.9 Å². The molecule has 6 rings (SSSR count). The van der Waals surface area contributed by atoms with Gasteiger partial charge < -0.3 is 31.1 Å². The third-order valence-corrected chi connectivity index (χ3v) is 16.7. The van der Waals surface area contributed by atoms with Gasteiger partial charge in [0.25, 0.3) is 0 Å². The number of rotatable bonds is 24. The van der Waals surface area contributed by atoms with Crippen molar-refractivity contribution in [2.75, 3.05) is 18.5 Å². The van der Waals surface area contributed by atoms with Crippen molar-refractivity contribution < 1.29 is 29.0 Å². The highest BCUT2D eigenvalue weighted by atomic mass is 16.5. The van der Waals surface area contributed by atoms with Crippen molar-refractivity contribution in [3.05, 3.63) is 77.4 Å². The Kier molecular flexibility index (Phi) is 18.9. The maximum Gasteiger partial charge on any atom is 0.246 e. The molecule has 10 heteroatoms. The lowest BCUT2D eigenvalue weighted by molar-refractivity contribution is -0.131. The molecule has 3 fully saturated rings. The minimum absolute atomic E-state index is 0.00151. The molecule has 66 heavy (non-hydrogen) atoms. The maximum absolute atomic E-state index is 13.8. The number of carbonyl (C=O) groups is 4. The topological polar surface area (TPSA) is 146 Å². The van der Waals surface area contributed by atoms with Crippen LogP contribution in [-0.2, 0) is 36.9 Å². The highest BCUT2D eigenvalue weighted by Crippen LogP contribution is 2.67. The molecule has 364 valence electrons. The second-order valence-electron chi connectivity index (χ2n) is 21.6. The summed E-state index contributed by atoms with van der Waals surface area (Å²) in [6, 6.07) is 14.5. The van der Waals surface area contributed by atoms with E-state index in [9.17, 15) is 24.3 Å². The minimum Gasteiger partial charge on any atom is -0.392 e. The molecule has 0 saturated heterocycles. The Labute approximate surface area is 397 Å². The van der Waals surface area contributed by atoms with Crippen LogP contribution in [0.15, 0.2) is 66.2 Å². The summed E-state index contributed by atoms with van der Waals surface area (Å²) in [6.07, 6.45) is 20.0. The number of aliphatic hydroxyl groups excluding tert-OH is 1. The van der Waals surface area contributed by atoms with E-state index in [4.69, 9.17) is 4.74 Å². The zero-order valence-corrected chi connectivity index (χ0v) is 41.3. The van der Waals surface area contributed by atoms with Crippen LogP contribution in [0, 0.1) is 46.3 Å². The molecule has 2 aromatic carbocycles. The Morgan fingerprint density at radius 1 is 0.773 bits per heavy atom. The monoisotopic (exact) mass is 909 g/mol. The van der Waals surface area contributed by atoms with Crippen LogP contribution in [0.5, 0.6) is 0 Å². The summed E-state index contributed by atoms with van der Waals surface area (Å²) in [5, 5.41) is 20.9. The minimum atomic E-state index is -0.944. The number of allylic oxidation sites excluding steroid dienone is 1. The molecule has 0 radical (unpaired) electrons. The Hall–Kier alpha value is -4.02. The lowest BCUT2D eigenvalue weighted by Gasteiger charge is -2.58. The number of aliphatic hydroxyl groups is 1. The van der Waals surface area contributed by atoms with Crippen LogP contribution in [0.25, 0.3) is 0 Å². The standard InChI is InChI=1S/C56H84N4O6/c1-7-8-18-49(53(64)58-43-22-19-41(37-61)20-23-43)60-54(65)50(35-40-16-10-9-11-17-40)59-52(63)28-27-51(62)57-33-13-34-66-44-29-31-55(5)42(36-44)21-24-45-47-26-25-46(39(4)15-12-14-38(2)3)56(47,6)32-30-48(45)55/h9-11,16-17,19-23,38-39,44-50,61H,7-8,12-15,18,24-37H2,1-6H3,(H,57,62)(H,58,64)(H,59,63)(H,60,65). The van der Waals surface area contributed by atoms with E-state index in [-0.39, 0.29) is 43.8 Å². The molecule has 0 heterocycles. The molecule has 2 aromatic rings. The molecule has 3 saturated carbocycles. The lowest BCUT2D eigenvalue weighted by atomic mass is 9.47. The van der Waals surface area contributed by atoms with E-state index >= 15 is 0 Å². The highest BCUT2D eigenvalue weighted by Gasteiger charge is 2.59. The molecule has 10 nitrogen and oxygen atoms in total. The summed E-state index contributed by atoms with van der Waals surface area (Å²) in [7, 11) is 0. The summed E-state index contributed by atoms with van der Waals surface area (Å²) in [5.74, 6) is 3.55. The second kappa shape index (κ2) is 24.3. The fourth-order valence-electron chi connectivity index (χ4n) is 12.9. The van der Waals surface area contributed by atoms with E-state index in [0.717, 1.165) is 72.3 Å². The van der Waals surface area contributed by atoms with Gasteiger partial charge in [0.05, 0.1) is 12.7 Å². The van der Waals surface area contributed by atoms with E-state index in [1.54, 1.807) is 29.8 Å². The summed E-state index contributed by atoms with van der Waals surface area (Å²) >= 11 is 0. The average Bonchev–Trinajstić information content (AvgIpc) is 3.67. The first kappa shape index (κ1) is 51.4. The molecule has 5 N–H and O–H groups in total. The van der Waals surface area contributed by atoms with Crippen LogP contribution < -0.4 is 21.3 Å². The van der Waals surface area contributed by atoms with E-state index in [0.29, 0.717) is 42.5 Å². The number of carbonyl (C=O) groups excluding carboxylic acids is 4. The van der Waals surface area contributed by atoms with Crippen LogP contribution in [0.3, 0.4) is 0 Å². The smallest absolute Gasteiger partial charge is 0.246 e. The summed E-state index contributed by atoms with van der Waals surface area (Å²) in [6.45, 7) is 15.5. The lowest BCUT2D eigenvalue weighted by Crippen LogP contribution is -2.53. The summed E-state index contributed by atoms with van der Waals surface area (Å²) in [5.41, 5.74) is 4.57. The van der Waals surface area contributed by atoms with E-state index in [2.05, 4.69) is 62.0 Å². The molecule has 10 atom stereocenters. The van der Waals surface area contributed by atoms with Crippen molar-refractivity contribution in [3.63, 3.8) is 0 Å².